The Balaban J connectivity index is 2.89. The molecule has 0 atom stereocenters. The summed E-state index contributed by atoms with van der Waals surface area (Å²) in [5, 5.41) is 9.01. The second-order valence-corrected chi connectivity index (χ2v) is 2.90. The summed E-state index contributed by atoms with van der Waals surface area (Å²) in [7, 11) is 0. The molecule has 0 saturated heterocycles. The summed E-state index contributed by atoms with van der Waals surface area (Å²) in [6, 6.07) is 1.68. The maximum absolute atomic E-state index is 10.3. The normalized spacial score (nSPS) is 9.83. The molecule has 0 aliphatic heterocycles. The molecule has 0 bridgehead atoms. The third-order valence-electron chi connectivity index (χ3n) is 1.44. The largest absolute Gasteiger partial charge is 0.481 e. The minimum atomic E-state index is -0.885. The van der Waals surface area contributed by atoms with E-state index < -0.39 is 5.97 Å². The van der Waals surface area contributed by atoms with Crippen LogP contribution in [0.3, 0.4) is 0 Å². The number of carbonyl (C=O) groups is 1. The zero-order valence-corrected chi connectivity index (χ0v) is 7.30. The number of halogens is 1. The maximum Gasteiger partial charge on any atom is 0.309 e. The number of aromatic nitrogens is 1. The van der Waals surface area contributed by atoms with Crippen molar-refractivity contribution in [1.29, 1.82) is 0 Å². The van der Waals surface area contributed by atoms with E-state index >= 15 is 0 Å². The minimum Gasteiger partial charge on any atom is -0.481 e. The van der Waals surface area contributed by atoms with Gasteiger partial charge in [-0.2, -0.15) is 0 Å². The van der Waals surface area contributed by atoms with E-state index in [1.165, 1.54) is 6.20 Å². The van der Waals surface area contributed by atoms with Gasteiger partial charge in [-0.05, 0) is 18.6 Å². The van der Waals surface area contributed by atoms with Crippen LogP contribution in [0.25, 0.3) is 0 Å². The van der Waals surface area contributed by atoms with Crippen molar-refractivity contribution in [2.75, 3.05) is 0 Å². The SMILES string of the molecule is Cc1cc(CC(=O)O)ncc1Cl. The van der Waals surface area contributed by atoms with Gasteiger partial charge in [0.2, 0.25) is 0 Å². The van der Waals surface area contributed by atoms with Crippen LogP contribution in [0.1, 0.15) is 11.3 Å². The zero-order chi connectivity index (χ0) is 9.14. The monoisotopic (exact) mass is 185 g/mol. The third-order valence-corrected chi connectivity index (χ3v) is 1.83. The number of pyridine rings is 1. The average Bonchev–Trinajstić information content (AvgIpc) is 1.96. The molecule has 0 unspecified atom stereocenters. The zero-order valence-electron chi connectivity index (χ0n) is 6.54. The summed E-state index contributed by atoms with van der Waals surface area (Å²) in [6.45, 7) is 1.81. The van der Waals surface area contributed by atoms with Gasteiger partial charge in [0.15, 0.2) is 0 Å². The van der Waals surface area contributed by atoms with Gasteiger partial charge in [-0.25, -0.2) is 0 Å². The van der Waals surface area contributed by atoms with Crippen LogP contribution in [0.2, 0.25) is 5.02 Å². The van der Waals surface area contributed by atoms with Crippen LogP contribution in [-0.2, 0) is 11.2 Å². The van der Waals surface area contributed by atoms with Crippen LogP contribution < -0.4 is 0 Å². The number of aryl methyl sites for hydroxylation is 1. The number of nitrogens with zero attached hydrogens (tertiary/aromatic N) is 1. The Hall–Kier alpha value is -1.09. The molecular weight excluding hydrogens is 178 g/mol. The number of hydrogen-bond donors (Lipinski definition) is 1. The van der Waals surface area contributed by atoms with Crippen LogP contribution in [-0.4, -0.2) is 16.1 Å². The molecular formula is C8H8ClNO2. The summed E-state index contributed by atoms with van der Waals surface area (Å²) >= 11 is 5.71. The fourth-order valence-electron chi connectivity index (χ4n) is 0.849. The van der Waals surface area contributed by atoms with Gasteiger partial charge >= 0.3 is 5.97 Å². The minimum absolute atomic E-state index is 0.0575. The molecule has 0 aliphatic rings. The van der Waals surface area contributed by atoms with Crippen molar-refractivity contribution in [3.63, 3.8) is 0 Å². The predicted octanol–water partition coefficient (Wildman–Crippen LogP) is 1.67. The Kier molecular flexibility index (Phi) is 2.65. The van der Waals surface area contributed by atoms with Gasteiger partial charge in [0.25, 0.3) is 0 Å². The van der Waals surface area contributed by atoms with Crippen molar-refractivity contribution in [2.45, 2.75) is 13.3 Å². The van der Waals surface area contributed by atoms with Gasteiger partial charge < -0.3 is 5.11 Å². The molecule has 12 heavy (non-hydrogen) atoms. The molecule has 4 heteroatoms. The fourth-order valence-corrected chi connectivity index (χ4v) is 0.952. The highest BCUT2D eigenvalue weighted by atomic mass is 35.5. The molecule has 1 aromatic rings. The van der Waals surface area contributed by atoms with Gasteiger partial charge in [-0.15, -0.1) is 0 Å². The van der Waals surface area contributed by atoms with E-state index in [0.717, 1.165) is 5.56 Å². The number of carboxylic acids is 1. The molecule has 64 valence electrons. The van der Waals surface area contributed by atoms with Crippen molar-refractivity contribution >= 4 is 17.6 Å². The Morgan fingerprint density at radius 1 is 1.75 bits per heavy atom. The highest BCUT2D eigenvalue weighted by Crippen LogP contribution is 2.13. The predicted molar refractivity (Wildman–Crippen MR) is 45.3 cm³/mol. The maximum atomic E-state index is 10.3. The number of rotatable bonds is 2. The van der Waals surface area contributed by atoms with Gasteiger partial charge in [0.05, 0.1) is 17.1 Å². The molecule has 0 aromatic carbocycles. The van der Waals surface area contributed by atoms with E-state index in [1.54, 1.807) is 6.07 Å². The van der Waals surface area contributed by atoms with Crippen LogP contribution >= 0.6 is 11.6 Å². The first-order valence-corrected chi connectivity index (χ1v) is 3.80. The molecule has 0 spiro atoms. The van der Waals surface area contributed by atoms with Crippen molar-refractivity contribution in [2.24, 2.45) is 0 Å². The molecule has 3 nitrogen and oxygen atoms in total. The van der Waals surface area contributed by atoms with Crippen molar-refractivity contribution in [3.8, 4) is 0 Å². The van der Waals surface area contributed by atoms with Crippen LogP contribution in [0.5, 0.6) is 0 Å². The Labute approximate surface area is 75.0 Å². The molecule has 1 rings (SSSR count). The second kappa shape index (κ2) is 3.54. The summed E-state index contributed by atoms with van der Waals surface area (Å²) in [5.74, 6) is -0.885. The molecule has 0 amide bonds. The van der Waals surface area contributed by atoms with E-state index in [0.29, 0.717) is 10.7 Å². The fraction of sp³-hybridized carbons (Fsp3) is 0.250. The third kappa shape index (κ3) is 2.20. The lowest BCUT2D eigenvalue weighted by molar-refractivity contribution is -0.136. The van der Waals surface area contributed by atoms with Gasteiger partial charge in [0.1, 0.15) is 0 Å². The first-order chi connectivity index (χ1) is 5.59. The average molecular weight is 186 g/mol. The van der Waals surface area contributed by atoms with E-state index in [9.17, 15) is 4.79 Å². The van der Waals surface area contributed by atoms with Crippen molar-refractivity contribution in [1.82, 2.24) is 4.98 Å². The standard InChI is InChI=1S/C8H8ClNO2/c1-5-2-6(3-8(11)12)10-4-7(5)9/h2,4H,3H2,1H3,(H,11,12). The number of hydrogen-bond acceptors (Lipinski definition) is 2. The molecule has 0 saturated carbocycles. The van der Waals surface area contributed by atoms with E-state index in [-0.39, 0.29) is 6.42 Å². The van der Waals surface area contributed by atoms with Crippen molar-refractivity contribution < 1.29 is 9.90 Å². The summed E-state index contributed by atoms with van der Waals surface area (Å²) in [6.07, 6.45) is 1.41. The van der Waals surface area contributed by atoms with Crippen molar-refractivity contribution in [3.05, 3.63) is 28.5 Å². The summed E-state index contributed by atoms with van der Waals surface area (Å²) in [5.41, 5.74) is 1.38. The Bertz CT molecular complexity index is 312. The lowest BCUT2D eigenvalue weighted by atomic mass is 10.2. The first kappa shape index (κ1) is 9.00. The van der Waals surface area contributed by atoms with Crippen LogP contribution in [0, 0.1) is 6.92 Å². The molecule has 1 aromatic heterocycles. The Morgan fingerprint density at radius 3 is 2.92 bits per heavy atom. The van der Waals surface area contributed by atoms with E-state index in [1.807, 2.05) is 6.92 Å². The smallest absolute Gasteiger partial charge is 0.309 e. The van der Waals surface area contributed by atoms with Crippen LogP contribution in [0.15, 0.2) is 12.3 Å². The highest BCUT2D eigenvalue weighted by Gasteiger charge is 2.03. The lowest BCUT2D eigenvalue weighted by Gasteiger charge is -1.99. The van der Waals surface area contributed by atoms with Gasteiger partial charge in [-0.1, -0.05) is 11.6 Å². The first-order valence-electron chi connectivity index (χ1n) is 3.42. The molecule has 0 radical (unpaired) electrons. The van der Waals surface area contributed by atoms with E-state index in [4.69, 9.17) is 16.7 Å². The van der Waals surface area contributed by atoms with E-state index in [2.05, 4.69) is 4.98 Å². The van der Waals surface area contributed by atoms with Gasteiger partial charge in [-0.3, -0.25) is 9.78 Å². The van der Waals surface area contributed by atoms with Crippen LogP contribution in [0.4, 0.5) is 0 Å². The molecule has 0 aliphatic carbocycles. The summed E-state index contributed by atoms with van der Waals surface area (Å²) in [4.78, 5) is 14.2. The number of aliphatic carboxylic acids is 1. The second-order valence-electron chi connectivity index (χ2n) is 2.50. The van der Waals surface area contributed by atoms with Gasteiger partial charge in [0, 0.05) is 6.20 Å². The highest BCUT2D eigenvalue weighted by molar-refractivity contribution is 6.31. The molecule has 1 N–H and O–H groups in total. The molecule has 0 fully saturated rings. The topological polar surface area (TPSA) is 50.2 Å². The lowest BCUT2D eigenvalue weighted by Crippen LogP contribution is -2.02. The number of carboxylic acid groups (broad SMARTS) is 1. The quantitative estimate of drug-likeness (QED) is 0.763. The molecule has 1 heterocycles. The Morgan fingerprint density at radius 2 is 2.42 bits per heavy atom. The summed E-state index contributed by atoms with van der Waals surface area (Å²) < 4.78 is 0.